The van der Waals surface area contributed by atoms with Crippen molar-refractivity contribution < 1.29 is 32.7 Å². The summed E-state index contributed by atoms with van der Waals surface area (Å²) in [6.07, 6.45) is 1.99. The van der Waals surface area contributed by atoms with Crippen LogP contribution in [0.2, 0.25) is 0 Å². The predicted octanol–water partition coefficient (Wildman–Crippen LogP) is 3.91. The van der Waals surface area contributed by atoms with Gasteiger partial charge in [-0.2, -0.15) is 0 Å². The molecule has 0 amide bonds. The van der Waals surface area contributed by atoms with Gasteiger partial charge in [-0.15, -0.1) is 0 Å². The van der Waals surface area contributed by atoms with E-state index in [1.807, 2.05) is 0 Å². The van der Waals surface area contributed by atoms with Crippen molar-refractivity contribution in [3.05, 3.63) is 55.6 Å². The summed E-state index contributed by atoms with van der Waals surface area (Å²) in [6, 6.07) is 8.04. The maximum absolute atomic E-state index is 13.4. The summed E-state index contributed by atoms with van der Waals surface area (Å²) in [6.45, 7) is 10.2. The first-order chi connectivity index (χ1) is 13.4. The molecule has 2 aromatic rings. The van der Waals surface area contributed by atoms with E-state index in [0.717, 1.165) is 12.2 Å². The third-order valence-electron chi connectivity index (χ3n) is 3.58. The zero-order valence-corrected chi connectivity index (χ0v) is 16.6. The van der Waals surface area contributed by atoms with Crippen molar-refractivity contribution in [2.24, 2.45) is 0 Å². The monoisotopic (exact) mass is 404 g/mol. The van der Waals surface area contributed by atoms with E-state index in [1.165, 1.54) is 6.07 Å². The van der Waals surface area contributed by atoms with Crippen molar-refractivity contribution in [2.75, 3.05) is 13.2 Å². The van der Waals surface area contributed by atoms with Gasteiger partial charge in [0.15, 0.2) is 5.75 Å². The normalized spacial score (nSPS) is 11.1. The van der Waals surface area contributed by atoms with E-state index in [9.17, 15) is 14.2 Å². The van der Waals surface area contributed by atoms with E-state index in [-0.39, 0.29) is 30.0 Å². The maximum atomic E-state index is 13.4. The van der Waals surface area contributed by atoms with Crippen LogP contribution in [-0.4, -0.2) is 25.2 Å². The van der Waals surface area contributed by atoms with E-state index in [2.05, 4.69) is 13.2 Å². The number of carbonyl (C=O) groups is 2. The number of hydrogen-bond donors (Lipinski definition) is 0. The summed E-state index contributed by atoms with van der Waals surface area (Å²) in [7, 11) is -3.89. The second kappa shape index (κ2) is 9.46. The molecule has 2 rings (SSSR count). The van der Waals surface area contributed by atoms with Crippen LogP contribution in [0.3, 0.4) is 0 Å². The molecule has 0 heterocycles. The summed E-state index contributed by atoms with van der Waals surface area (Å²) in [4.78, 5) is 23.7. The third-order valence-corrected chi connectivity index (χ3v) is 5.70. The van der Waals surface area contributed by atoms with E-state index < -0.39 is 19.5 Å². The minimum absolute atomic E-state index is 0.0101. The Morgan fingerprint density at radius 3 is 2.04 bits per heavy atom. The molecule has 0 atom stereocenters. The molecule has 0 aliphatic heterocycles. The number of fused-ring (bicyclic) bond motifs is 1. The Kier molecular flexibility index (Phi) is 7.29. The average Bonchev–Trinajstić information content (AvgIpc) is 2.69. The quantitative estimate of drug-likeness (QED) is 0.271. The van der Waals surface area contributed by atoms with E-state index in [1.54, 1.807) is 38.1 Å². The van der Waals surface area contributed by atoms with Crippen LogP contribution in [0.25, 0.3) is 10.8 Å². The van der Waals surface area contributed by atoms with Gasteiger partial charge < -0.3 is 18.5 Å². The minimum Gasteiger partial charge on any atom is -0.423 e. The van der Waals surface area contributed by atoms with Gasteiger partial charge in [0.05, 0.1) is 13.2 Å². The van der Waals surface area contributed by atoms with Gasteiger partial charge in [-0.3, -0.25) is 4.57 Å². The molecule has 0 fully saturated rings. The maximum Gasteiger partial charge on any atom is 0.365 e. The van der Waals surface area contributed by atoms with Crippen LogP contribution in [0, 0.1) is 0 Å². The van der Waals surface area contributed by atoms with Gasteiger partial charge in [-0.25, -0.2) is 9.59 Å². The van der Waals surface area contributed by atoms with Crippen molar-refractivity contribution >= 4 is 35.6 Å². The lowest BCUT2D eigenvalue weighted by Crippen LogP contribution is -2.18. The fourth-order valence-corrected chi connectivity index (χ4v) is 4.23. The first-order valence-electron chi connectivity index (χ1n) is 8.54. The Bertz CT molecular complexity index is 954. The largest absolute Gasteiger partial charge is 0.423 e. The summed E-state index contributed by atoms with van der Waals surface area (Å²) in [5, 5.41) is 0.825. The number of ether oxygens (including phenoxy) is 2. The minimum atomic E-state index is -3.89. The number of carbonyl (C=O) groups excluding carboxylic acids is 2. The number of benzene rings is 2. The highest BCUT2D eigenvalue weighted by Crippen LogP contribution is 2.52. The highest BCUT2D eigenvalue weighted by Gasteiger charge is 2.34. The molecular formula is C20H21O7P. The van der Waals surface area contributed by atoms with Gasteiger partial charge in [0.25, 0.3) is 0 Å². The predicted molar refractivity (Wildman–Crippen MR) is 106 cm³/mol. The van der Waals surface area contributed by atoms with Gasteiger partial charge in [0.1, 0.15) is 11.1 Å². The van der Waals surface area contributed by atoms with Gasteiger partial charge in [0, 0.05) is 29.0 Å². The molecule has 0 aliphatic carbocycles. The van der Waals surface area contributed by atoms with Crippen molar-refractivity contribution in [1.82, 2.24) is 0 Å². The van der Waals surface area contributed by atoms with Crippen LogP contribution in [-0.2, 0) is 23.2 Å². The van der Waals surface area contributed by atoms with Gasteiger partial charge in [-0.05, 0) is 13.8 Å². The molecule has 0 N–H and O–H groups in total. The fourth-order valence-electron chi connectivity index (χ4n) is 2.51. The molecule has 0 saturated heterocycles. The first kappa shape index (κ1) is 21.6. The Morgan fingerprint density at radius 2 is 1.50 bits per heavy atom. The van der Waals surface area contributed by atoms with Crippen LogP contribution in [0.5, 0.6) is 11.5 Å². The molecule has 8 heteroatoms. The fraction of sp³-hybridized carbons (Fsp3) is 0.200. The average molecular weight is 404 g/mol. The van der Waals surface area contributed by atoms with Crippen LogP contribution in [0.1, 0.15) is 13.8 Å². The Labute approximate surface area is 163 Å². The Morgan fingerprint density at radius 1 is 0.964 bits per heavy atom. The molecule has 148 valence electrons. The second-order valence-corrected chi connectivity index (χ2v) is 7.35. The lowest BCUT2D eigenvalue weighted by molar-refractivity contribution is -0.129. The summed E-state index contributed by atoms with van der Waals surface area (Å²) in [5.41, 5.74) is 0. The standard InChI is InChI=1S/C20H21O7P/c1-5-18(21)26-16-13-17(28(23,24-7-3)25-8-4)20(27-19(22)6-2)15-12-10-9-11-14(15)16/h5-6,9-13H,1-2,7-8H2,3-4H3. The zero-order valence-electron chi connectivity index (χ0n) is 15.7. The molecule has 0 radical (unpaired) electrons. The lowest BCUT2D eigenvalue weighted by Gasteiger charge is -2.22. The first-order valence-corrected chi connectivity index (χ1v) is 10.1. The van der Waals surface area contributed by atoms with Crippen LogP contribution in [0.15, 0.2) is 55.6 Å². The number of rotatable bonds is 9. The topological polar surface area (TPSA) is 88.1 Å². The van der Waals surface area contributed by atoms with Crippen LogP contribution >= 0.6 is 7.60 Å². The molecular weight excluding hydrogens is 383 g/mol. The van der Waals surface area contributed by atoms with Crippen molar-refractivity contribution in [3.8, 4) is 11.5 Å². The highest BCUT2D eigenvalue weighted by molar-refractivity contribution is 7.62. The number of hydrogen-bond acceptors (Lipinski definition) is 7. The van der Waals surface area contributed by atoms with Gasteiger partial charge in [-0.1, -0.05) is 37.4 Å². The molecule has 0 aromatic heterocycles. The smallest absolute Gasteiger partial charge is 0.365 e. The molecule has 0 spiro atoms. The van der Waals surface area contributed by atoms with Crippen molar-refractivity contribution in [2.45, 2.75) is 13.8 Å². The van der Waals surface area contributed by atoms with E-state index in [0.29, 0.717) is 10.8 Å². The SMILES string of the molecule is C=CC(=O)Oc1cc(P(=O)(OCC)OCC)c(OC(=O)C=C)c2ccccc12. The van der Waals surface area contributed by atoms with Gasteiger partial charge in [0.2, 0.25) is 0 Å². The molecule has 0 aliphatic rings. The van der Waals surface area contributed by atoms with E-state index >= 15 is 0 Å². The van der Waals surface area contributed by atoms with Crippen LogP contribution < -0.4 is 14.8 Å². The highest BCUT2D eigenvalue weighted by atomic mass is 31.2. The molecule has 28 heavy (non-hydrogen) atoms. The summed E-state index contributed by atoms with van der Waals surface area (Å²) >= 11 is 0. The summed E-state index contributed by atoms with van der Waals surface area (Å²) in [5.74, 6) is -1.35. The van der Waals surface area contributed by atoms with Crippen molar-refractivity contribution in [3.63, 3.8) is 0 Å². The van der Waals surface area contributed by atoms with Crippen molar-refractivity contribution in [1.29, 1.82) is 0 Å². The molecule has 0 saturated carbocycles. The van der Waals surface area contributed by atoms with Crippen LogP contribution in [0.4, 0.5) is 0 Å². The Balaban J connectivity index is 2.87. The number of esters is 2. The lowest BCUT2D eigenvalue weighted by atomic mass is 10.1. The van der Waals surface area contributed by atoms with Gasteiger partial charge >= 0.3 is 19.5 Å². The molecule has 0 unspecified atom stereocenters. The zero-order chi connectivity index (χ0) is 20.7. The molecule has 0 bridgehead atoms. The van der Waals surface area contributed by atoms with E-state index in [4.69, 9.17) is 18.5 Å². The summed E-state index contributed by atoms with van der Waals surface area (Å²) < 4.78 is 34.9. The second-order valence-electron chi connectivity index (χ2n) is 5.35. The Hall–Kier alpha value is -2.73. The molecule has 2 aromatic carbocycles. The molecule has 7 nitrogen and oxygen atoms in total. The third kappa shape index (κ3) is 4.57.